The van der Waals surface area contributed by atoms with E-state index in [1.807, 2.05) is 0 Å². The number of rotatable bonds is 4. The van der Waals surface area contributed by atoms with E-state index in [9.17, 15) is 13.6 Å². The maximum atomic E-state index is 13.4. The number of benzene rings is 2. The van der Waals surface area contributed by atoms with E-state index in [0.717, 1.165) is 36.2 Å². The van der Waals surface area contributed by atoms with Gasteiger partial charge in [-0.2, -0.15) is 5.10 Å². The summed E-state index contributed by atoms with van der Waals surface area (Å²) in [7, 11) is 0. The molecule has 0 spiro atoms. The van der Waals surface area contributed by atoms with Crippen molar-refractivity contribution in [2.75, 3.05) is 13.1 Å². The van der Waals surface area contributed by atoms with Crippen LogP contribution in [0, 0.1) is 11.6 Å². The molecule has 1 fully saturated rings. The Morgan fingerprint density at radius 2 is 1.69 bits per heavy atom. The van der Waals surface area contributed by atoms with Crippen molar-refractivity contribution in [1.29, 1.82) is 0 Å². The molecule has 29 heavy (non-hydrogen) atoms. The fourth-order valence-corrected chi connectivity index (χ4v) is 4.14. The zero-order valence-corrected chi connectivity index (χ0v) is 16.5. The fraction of sp³-hybridized carbons (Fsp3) is 0.391. The lowest BCUT2D eigenvalue weighted by Crippen LogP contribution is -2.44. The van der Waals surface area contributed by atoms with Gasteiger partial charge in [-0.05, 0) is 61.7 Å². The minimum absolute atomic E-state index is 0.0646. The summed E-state index contributed by atoms with van der Waals surface area (Å²) in [4.78, 5) is 15.4. The third kappa shape index (κ3) is 4.37. The van der Waals surface area contributed by atoms with Crippen LogP contribution in [-0.4, -0.2) is 40.7 Å². The fourth-order valence-electron chi connectivity index (χ4n) is 4.14. The second-order valence-electron chi connectivity index (χ2n) is 7.88. The number of nitrogens with zero attached hydrogens (tertiary/aromatic N) is 3. The molecule has 2 atom stereocenters. The molecule has 6 heteroatoms. The van der Waals surface area contributed by atoms with Crippen LogP contribution >= 0.6 is 0 Å². The maximum absolute atomic E-state index is 13.4. The van der Waals surface area contributed by atoms with Gasteiger partial charge in [-0.3, -0.25) is 9.69 Å². The number of amides is 1. The Kier molecular flexibility index (Phi) is 5.72. The van der Waals surface area contributed by atoms with Crippen molar-refractivity contribution in [2.24, 2.45) is 5.10 Å². The summed E-state index contributed by atoms with van der Waals surface area (Å²) >= 11 is 0. The molecule has 0 saturated carbocycles. The van der Waals surface area contributed by atoms with Crippen LogP contribution in [0.3, 0.4) is 0 Å². The van der Waals surface area contributed by atoms with E-state index in [1.165, 1.54) is 35.7 Å². The molecule has 4 rings (SSSR count). The summed E-state index contributed by atoms with van der Waals surface area (Å²) in [6.45, 7) is 3.39. The zero-order valence-electron chi connectivity index (χ0n) is 16.5. The first kappa shape index (κ1) is 19.7. The largest absolute Gasteiger partial charge is 0.292 e. The molecular formula is C23H25F2N3O. The summed E-state index contributed by atoms with van der Waals surface area (Å²) in [5, 5.41) is 6.15. The Hall–Kier alpha value is -2.60. The average Bonchev–Trinajstić information content (AvgIpc) is 3.16. The Labute approximate surface area is 169 Å². The van der Waals surface area contributed by atoms with Gasteiger partial charge >= 0.3 is 0 Å². The van der Waals surface area contributed by atoms with Gasteiger partial charge in [-0.1, -0.05) is 30.7 Å². The van der Waals surface area contributed by atoms with Crippen molar-refractivity contribution in [3.63, 3.8) is 0 Å². The molecule has 0 radical (unpaired) electrons. The maximum Gasteiger partial charge on any atom is 0.257 e. The van der Waals surface area contributed by atoms with Crippen LogP contribution in [-0.2, 0) is 4.79 Å². The lowest BCUT2D eigenvalue weighted by Gasteiger charge is -2.34. The summed E-state index contributed by atoms with van der Waals surface area (Å²) < 4.78 is 26.7. The second-order valence-corrected chi connectivity index (χ2v) is 7.88. The van der Waals surface area contributed by atoms with E-state index < -0.39 is 0 Å². The number of carbonyl (C=O) groups is 1. The first-order valence-corrected chi connectivity index (χ1v) is 10.2. The Bertz CT molecular complexity index is 895. The van der Waals surface area contributed by atoms with Gasteiger partial charge in [0.1, 0.15) is 11.6 Å². The van der Waals surface area contributed by atoms with Gasteiger partial charge in [0.05, 0.1) is 18.3 Å². The topological polar surface area (TPSA) is 35.9 Å². The van der Waals surface area contributed by atoms with Crippen LogP contribution in [0.15, 0.2) is 53.6 Å². The highest BCUT2D eigenvalue weighted by molar-refractivity contribution is 6.03. The van der Waals surface area contributed by atoms with E-state index in [2.05, 4.69) is 16.9 Å². The van der Waals surface area contributed by atoms with Crippen molar-refractivity contribution in [2.45, 2.75) is 44.7 Å². The molecule has 0 bridgehead atoms. The van der Waals surface area contributed by atoms with E-state index in [-0.39, 0.29) is 23.6 Å². The molecule has 2 aliphatic rings. The van der Waals surface area contributed by atoms with Gasteiger partial charge in [-0.15, -0.1) is 0 Å². The predicted octanol–water partition coefficient (Wildman–Crippen LogP) is 4.52. The molecule has 1 amide bonds. The van der Waals surface area contributed by atoms with Crippen molar-refractivity contribution in [1.82, 2.24) is 9.91 Å². The molecule has 0 unspecified atom stereocenters. The van der Waals surface area contributed by atoms with Gasteiger partial charge in [0.15, 0.2) is 0 Å². The first-order valence-electron chi connectivity index (χ1n) is 10.2. The van der Waals surface area contributed by atoms with Gasteiger partial charge < -0.3 is 0 Å². The highest BCUT2D eigenvalue weighted by Crippen LogP contribution is 2.33. The molecule has 4 nitrogen and oxygen atoms in total. The molecule has 2 aliphatic heterocycles. The third-order valence-electron chi connectivity index (χ3n) is 5.88. The molecule has 0 N–H and O–H groups in total. The standard InChI is InChI=1S/C23H25F2N3O/c1-16-4-2-3-13-27(16)15-23(29)28-22(18-7-11-20(25)12-8-18)14-21(26-28)17-5-9-19(24)10-6-17/h5-12,16,22H,2-4,13-15H2,1H3/t16-,22-/m1/s1. The van der Waals surface area contributed by atoms with Crippen LogP contribution < -0.4 is 0 Å². The highest BCUT2D eigenvalue weighted by atomic mass is 19.1. The third-order valence-corrected chi connectivity index (χ3v) is 5.88. The highest BCUT2D eigenvalue weighted by Gasteiger charge is 2.34. The molecular weight excluding hydrogens is 372 g/mol. The number of hydrazone groups is 1. The lowest BCUT2D eigenvalue weighted by atomic mass is 9.98. The van der Waals surface area contributed by atoms with E-state index in [1.54, 1.807) is 24.3 Å². The molecule has 152 valence electrons. The number of piperidine rings is 1. The quantitative estimate of drug-likeness (QED) is 0.761. The van der Waals surface area contributed by atoms with E-state index >= 15 is 0 Å². The number of hydrogen-bond acceptors (Lipinski definition) is 3. The Morgan fingerprint density at radius 3 is 2.34 bits per heavy atom. The zero-order chi connectivity index (χ0) is 20.4. The number of hydrogen-bond donors (Lipinski definition) is 0. The monoisotopic (exact) mass is 397 g/mol. The lowest BCUT2D eigenvalue weighted by molar-refractivity contribution is -0.135. The number of halogens is 2. The number of likely N-dealkylation sites (tertiary alicyclic amines) is 1. The van der Waals surface area contributed by atoms with Gasteiger partial charge in [0.25, 0.3) is 5.91 Å². The second kappa shape index (κ2) is 8.41. The molecule has 0 aromatic heterocycles. The van der Waals surface area contributed by atoms with Crippen molar-refractivity contribution in [3.8, 4) is 0 Å². The van der Waals surface area contributed by atoms with Gasteiger partial charge in [0, 0.05) is 12.5 Å². The van der Waals surface area contributed by atoms with Crippen molar-refractivity contribution >= 4 is 11.6 Å². The predicted molar refractivity (Wildman–Crippen MR) is 108 cm³/mol. The summed E-state index contributed by atoms with van der Waals surface area (Å²) in [6.07, 6.45) is 3.90. The van der Waals surface area contributed by atoms with Gasteiger partial charge in [0.2, 0.25) is 0 Å². The SMILES string of the molecule is C[C@@H]1CCCCN1CC(=O)N1N=C(c2ccc(F)cc2)C[C@@H]1c1ccc(F)cc1. The van der Waals surface area contributed by atoms with Crippen LogP contribution in [0.4, 0.5) is 8.78 Å². The molecule has 2 aromatic rings. The smallest absolute Gasteiger partial charge is 0.257 e. The van der Waals surface area contributed by atoms with Crippen LogP contribution in [0.25, 0.3) is 0 Å². The molecule has 2 heterocycles. The van der Waals surface area contributed by atoms with Crippen LogP contribution in [0.2, 0.25) is 0 Å². The van der Waals surface area contributed by atoms with E-state index in [0.29, 0.717) is 19.0 Å². The van der Waals surface area contributed by atoms with Crippen LogP contribution in [0.1, 0.15) is 49.8 Å². The molecule has 0 aliphatic carbocycles. The number of carbonyl (C=O) groups excluding carboxylic acids is 1. The molecule has 2 aromatic carbocycles. The van der Waals surface area contributed by atoms with Crippen molar-refractivity contribution < 1.29 is 13.6 Å². The minimum Gasteiger partial charge on any atom is -0.292 e. The Morgan fingerprint density at radius 1 is 1.03 bits per heavy atom. The molecule has 1 saturated heterocycles. The first-order chi connectivity index (χ1) is 14.0. The summed E-state index contributed by atoms with van der Waals surface area (Å²) in [6, 6.07) is 12.4. The van der Waals surface area contributed by atoms with Gasteiger partial charge in [-0.25, -0.2) is 13.8 Å². The Balaban J connectivity index is 1.60. The summed E-state index contributed by atoms with van der Waals surface area (Å²) in [5.41, 5.74) is 2.37. The van der Waals surface area contributed by atoms with E-state index in [4.69, 9.17) is 0 Å². The van der Waals surface area contributed by atoms with Crippen LogP contribution in [0.5, 0.6) is 0 Å². The minimum atomic E-state index is -0.313. The average molecular weight is 397 g/mol. The summed E-state index contributed by atoms with van der Waals surface area (Å²) in [5.74, 6) is -0.689. The van der Waals surface area contributed by atoms with Crippen molar-refractivity contribution in [3.05, 3.63) is 71.3 Å². The normalized spacial score (nSPS) is 22.6.